The van der Waals surface area contributed by atoms with Crippen molar-refractivity contribution in [2.24, 2.45) is 0 Å². The second kappa shape index (κ2) is 21.2. The van der Waals surface area contributed by atoms with Gasteiger partial charge >= 0.3 is 5.97 Å². The molecule has 19 nitrogen and oxygen atoms in total. The maximum Gasteiger partial charge on any atom is 0.317 e. The summed E-state index contributed by atoms with van der Waals surface area (Å²) in [6, 6.07) is -0.866. The molecule has 47 heavy (non-hydrogen) atoms. The van der Waals surface area contributed by atoms with E-state index >= 15 is 0 Å². The van der Waals surface area contributed by atoms with Gasteiger partial charge in [-0.1, -0.05) is 13.8 Å². The molecule has 0 aliphatic heterocycles. The Kier molecular flexibility index (Phi) is 19.1. The fourth-order valence-electron chi connectivity index (χ4n) is 3.52. The lowest BCUT2D eigenvalue weighted by Crippen LogP contribution is -2.50. The van der Waals surface area contributed by atoms with E-state index in [1.54, 1.807) is 0 Å². The van der Waals surface area contributed by atoms with Gasteiger partial charge in [-0.3, -0.25) is 38.4 Å². The molecule has 0 radical (unpaired) electrons. The van der Waals surface area contributed by atoms with Crippen LogP contribution in [-0.4, -0.2) is 201 Å². The first-order chi connectivity index (χ1) is 21.8. The quantitative estimate of drug-likeness (QED) is 0.0842. The van der Waals surface area contributed by atoms with Crippen molar-refractivity contribution < 1.29 is 48.3 Å². The van der Waals surface area contributed by atoms with Gasteiger partial charge in [-0.05, 0) is 0 Å². The smallest absolute Gasteiger partial charge is 0.317 e. The number of aliphatic carboxylic acids is 1. The van der Waals surface area contributed by atoms with Gasteiger partial charge in [-0.2, -0.15) is 0 Å². The first-order valence-corrected chi connectivity index (χ1v) is 14.6. The van der Waals surface area contributed by atoms with Crippen molar-refractivity contribution in [2.75, 3.05) is 101 Å². The van der Waals surface area contributed by atoms with Crippen LogP contribution in [0.1, 0.15) is 13.8 Å². The summed E-state index contributed by atoms with van der Waals surface area (Å²) in [5.41, 5.74) is 0. The molecular weight excluding hydrogens is 622 g/mol. The Labute approximate surface area is 274 Å². The second-order valence-corrected chi connectivity index (χ2v) is 11.3. The van der Waals surface area contributed by atoms with Crippen LogP contribution >= 0.6 is 0 Å². The minimum absolute atomic E-state index is 0.0638. The number of amides is 7. The van der Waals surface area contributed by atoms with Crippen molar-refractivity contribution >= 4 is 53.6 Å². The molecule has 0 heterocycles. The molecule has 0 aliphatic rings. The molecule has 266 valence electrons. The van der Waals surface area contributed by atoms with Crippen LogP contribution in [0.25, 0.3) is 0 Å². The average Bonchev–Trinajstić information content (AvgIpc) is 2.99. The van der Waals surface area contributed by atoms with Gasteiger partial charge in [0.05, 0.1) is 58.4 Å². The van der Waals surface area contributed by atoms with Gasteiger partial charge in [-0.15, -0.1) is 0 Å². The van der Waals surface area contributed by atoms with Crippen molar-refractivity contribution in [3.05, 3.63) is 0 Å². The molecule has 1 unspecified atom stereocenters. The van der Waals surface area contributed by atoms with Crippen molar-refractivity contribution in [1.82, 2.24) is 45.3 Å². The van der Waals surface area contributed by atoms with Gasteiger partial charge in [0.25, 0.3) is 0 Å². The van der Waals surface area contributed by atoms with E-state index in [4.69, 9.17) is 5.11 Å². The fraction of sp³-hybridized carbons (Fsp3) is 0.679. The van der Waals surface area contributed by atoms with Crippen molar-refractivity contribution in [2.45, 2.75) is 25.9 Å². The van der Waals surface area contributed by atoms with E-state index in [1.807, 2.05) is 13.8 Å². The van der Waals surface area contributed by atoms with Crippen LogP contribution in [0.4, 0.5) is 0 Å². The standard InChI is InChI=1S/C28H49N9O10/c1-19(2)30-10-22(40)33(4)14-25(43)35(6)16-24(42)32(3)13-21(39)31-11-23(41)34(5)15-26(44)36(7)17-27(45)37(8)20(18-38)9-29-12-28(46)47/h18-20,29-30H,9-17H2,1-8H3,(H,31,39)(H,46,47). The molecule has 0 fully saturated rings. The lowest BCUT2D eigenvalue weighted by Gasteiger charge is -2.27. The van der Waals surface area contributed by atoms with Gasteiger partial charge in [0, 0.05) is 54.9 Å². The zero-order valence-corrected chi connectivity index (χ0v) is 28.4. The summed E-state index contributed by atoms with van der Waals surface area (Å²) in [6.45, 7) is 1.01. The second-order valence-electron chi connectivity index (χ2n) is 11.3. The highest BCUT2D eigenvalue weighted by atomic mass is 16.4. The highest BCUT2D eigenvalue weighted by Gasteiger charge is 2.24. The maximum absolute atomic E-state index is 12.6. The third-order valence-corrected chi connectivity index (χ3v) is 6.78. The molecule has 0 saturated heterocycles. The number of rotatable bonds is 21. The van der Waals surface area contributed by atoms with Gasteiger partial charge in [0.2, 0.25) is 41.4 Å². The topological polar surface area (TPSA) is 229 Å². The summed E-state index contributed by atoms with van der Waals surface area (Å²) < 4.78 is 0. The Hall–Kier alpha value is -4.65. The van der Waals surface area contributed by atoms with Crippen LogP contribution in [0.3, 0.4) is 0 Å². The van der Waals surface area contributed by atoms with E-state index in [-0.39, 0.29) is 38.1 Å². The predicted octanol–water partition coefficient (Wildman–Crippen LogP) is -4.91. The van der Waals surface area contributed by atoms with Crippen LogP contribution in [0, 0.1) is 0 Å². The molecule has 0 rings (SSSR count). The molecular formula is C28H49N9O10. The van der Waals surface area contributed by atoms with Crippen LogP contribution < -0.4 is 16.0 Å². The number of nitrogens with one attached hydrogen (secondary N) is 3. The zero-order valence-electron chi connectivity index (χ0n) is 28.4. The minimum Gasteiger partial charge on any atom is -0.480 e. The van der Waals surface area contributed by atoms with E-state index in [0.717, 1.165) is 24.5 Å². The van der Waals surface area contributed by atoms with E-state index in [9.17, 15) is 43.2 Å². The molecule has 0 saturated carbocycles. The highest BCUT2D eigenvalue weighted by Crippen LogP contribution is 1.99. The molecule has 0 bridgehead atoms. The van der Waals surface area contributed by atoms with E-state index in [1.165, 1.54) is 47.2 Å². The summed E-state index contributed by atoms with van der Waals surface area (Å²) in [4.78, 5) is 116. The molecule has 4 N–H and O–H groups in total. The average molecular weight is 672 g/mol. The first kappa shape index (κ1) is 42.3. The summed E-state index contributed by atoms with van der Waals surface area (Å²) in [7, 11) is 8.19. The third kappa shape index (κ3) is 17.0. The fourth-order valence-corrected chi connectivity index (χ4v) is 3.52. The molecule has 0 spiro atoms. The number of carboxylic acid groups (broad SMARTS) is 1. The molecule has 7 amide bonds. The third-order valence-electron chi connectivity index (χ3n) is 6.78. The van der Waals surface area contributed by atoms with E-state index in [2.05, 4.69) is 16.0 Å². The van der Waals surface area contributed by atoms with Crippen molar-refractivity contribution in [1.29, 1.82) is 0 Å². The van der Waals surface area contributed by atoms with E-state index < -0.39 is 80.2 Å². The summed E-state index contributed by atoms with van der Waals surface area (Å²) in [6.07, 6.45) is 0.473. The van der Waals surface area contributed by atoms with Crippen molar-refractivity contribution in [3.8, 4) is 0 Å². The van der Waals surface area contributed by atoms with Crippen LogP contribution in [0.5, 0.6) is 0 Å². The predicted molar refractivity (Wildman–Crippen MR) is 167 cm³/mol. The van der Waals surface area contributed by atoms with Gasteiger partial charge < -0.3 is 55.3 Å². The normalized spacial score (nSPS) is 11.2. The summed E-state index contributed by atoms with van der Waals surface area (Å²) in [5.74, 6) is -4.94. The van der Waals surface area contributed by atoms with Crippen molar-refractivity contribution in [3.63, 3.8) is 0 Å². The SMILES string of the molecule is CC(C)NCC(=O)N(C)CC(=O)N(C)CC(=O)N(C)CC(=O)NCC(=O)N(C)CC(=O)N(C)CC(=O)N(C)C(C=O)CNCC(=O)O. The number of carbonyl (C=O) groups is 9. The monoisotopic (exact) mass is 671 g/mol. The summed E-state index contributed by atoms with van der Waals surface area (Å²) >= 11 is 0. The number of hydrogen-bond donors (Lipinski definition) is 4. The molecule has 19 heteroatoms. The largest absolute Gasteiger partial charge is 0.480 e. The first-order valence-electron chi connectivity index (χ1n) is 14.6. The lowest BCUT2D eigenvalue weighted by molar-refractivity contribution is -0.143. The number of aldehydes is 1. The summed E-state index contributed by atoms with van der Waals surface area (Å²) in [5, 5.41) is 16.5. The van der Waals surface area contributed by atoms with Crippen LogP contribution in [-0.2, 0) is 43.2 Å². The molecule has 0 aromatic carbocycles. The van der Waals surface area contributed by atoms with E-state index in [0.29, 0.717) is 6.29 Å². The maximum atomic E-state index is 12.6. The lowest BCUT2D eigenvalue weighted by atomic mass is 10.2. The Morgan fingerprint density at radius 2 is 1.00 bits per heavy atom. The number of carboxylic acids is 1. The number of carbonyl (C=O) groups excluding carboxylic acids is 8. The Morgan fingerprint density at radius 1 is 0.596 bits per heavy atom. The van der Waals surface area contributed by atoms with Crippen LogP contribution in [0.15, 0.2) is 0 Å². The number of likely N-dealkylation sites (N-methyl/N-ethyl adjacent to an activating group) is 6. The van der Waals surface area contributed by atoms with Gasteiger partial charge in [-0.25, -0.2) is 0 Å². The molecule has 0 aliphatic carbocycles. The number of nitrogens with zero attached hydrogens (tertiary/aromatic N) is 6. The minimum atomic E-state index is -1.13. The molecule has 0 aromatic rings. The zero-order chi connectivity index (χ0) is 36.4. The van der Waals surface area contributed by atoms with Gasteiger partial charge in [0.15, 0.2) is 0 Å². The Bertz CT molecular complexity index is 1150. The van der Waals surface area contributed by atoms with Crippen LogP contribution in [0.2, 0.25) is 0 Å². The number of hydrogen-bond acceptors (Lipinski definition) is 11. The highest BCUT2D eigenvalue weighted by molar-refractivity contribution is 5.92. The van der Waals surface area contributed by atoms with Gasteiger partial charge in [0.1, 0.15) is 6.29 Å². The Balaban J connectivity index is 4.68. The molecule has 1 atom stereocenters. The molecule has 0 aromatic heterocycles. The Morgan fingerprint density at radius 3 is 1.43 bits per heavy atom.